The molecule has 0 saturated carbocycles. The van der Waals surface area contributed by atoms with Crippen LogP contribution in [0.1, 0.15) is 21.5 Å². The Kier molecular flexibility index (Phi) is 6.41. The first-order valence-electron chi connectivity index (χ1n) is 9.03. The molecule has 1 atom stereocenters. The normalized spacial score (nSPS) is 11.4. The van der Waals surface area contributed by atoms with Crippen LogP contribution in [-0.2, 0) is 17.8 Å². The molecule has 3 N–H and O–H groups in total. The smallest absolute Gasteiger partial charge is 0.251 e. The molecule has 3 aromatic carbocycles. The third-order valence-corrected chi connectivity index (χ3v) is 4.30. The van der Waals surface area contributed by atoms with Gasteiger partial charge in [-0.25, -0.2) is 0 Å². The molecule has 3 aromatic rings. The Hall–Kier alpha value is -3.60. The Morgan fingerprint density at radius 3 is 2.04 bits per heavy atom. The molecule has 142 valence electrons. The summed E-state index contributed by atoms with van der Waals surface area (Å²) >= 11 is 0. The Balaban J connectivity index is 1.59. The quantitative estimate of drug-likeness (QED) is 0.636. The number of hydrogen-bond donors (Lipinski definition) is 2. The van der Waals surface area contributed by atoms with E-state index in [1.54, 1.807) is 24.3 Å². The van der Waals surface area contributed by atoms with Crippen LogP contribution >= 0.6 is 0 Å². The molecule has 0 heterocycles. The monoisotopic (exact) mass is 374 g/mol. The summed E-state index contributed by atoms with van der Waals surface area (Å²) in [4.78, 5) is 24.1. The lowest BCUT2D eigenvalue weighted by atomic mass is 10.0. The molecule has 0 aliphatic heterocycles. The largest absolute Gasteiger partial charge is 0.489 e. The topological polar surface area (TPSA) is 81.4 Å². The summed E-state index contributed by atoms with van der Waals surface area (Å²) < 4.78 is 5.76. The van der Waals surface area contributed by atoms with Crippen LogP contribution in [0.4, 0.5) is 0 Å². The van der Waals surface area contributed by atoms with E-state index < -0.39 is 11.9 Å². The second-order valence-corrected chi connectivity index (χ2v) is 6.42. The van der Waals surface area contributed by atoms with Crippen LogP contribution < -0.4 is 15.8 Å². The van der Waals surface area contributed by atoms with Crippen molar-refractivity contribution in [3.63, 3.8) is 0 Å². The van der Waals surface area contributed by atoms with Gasteiger partial charge in [0.05, 0.1) is 0 Å². The average Bonchev–Trinajstić information content (AvgIpc) is 2.74. The van der Waals surface area contributed by atoms with Gasteiger partial charge in [0.25, 0.3) is 5.91 Å². The van der Waals surface area contributed by atoms with Crippen LogP contribution in [0.3, 0.4) is 0 Å². The van der Waals surface area contributed by atoms with Crippen LogP contribution in [0.5, 0.6) is 5.75 Å². The van der Waals surface area contributed by atoms with Gasteiger partial charge in [0.2, 0.25) is 5.91 Å². The molecule has 5 nitrogen and oxygen atoms in total. The van der Waals surface area contributed by atoms with E-state index in [1.165, 1.54) is 0 Å². The summed E-state index contributed by atoms with van der Waals surface area (Å²) in [5.74, 6) is -0.169. The van der Waals surface area contributed by atoms with Gasteiger partial charge in [0, 0.05) is 12.0 Å². The first-order chi connectivity index (χ1) is 13.6. The van der Waals surface area contributed by atoms with E-state index in [0.717, 1.165) is 16.9 Å². The van der Waals surface area contributed by atoms with Gasteiger partial charge >= 0.3 is 0 Å². The van der Waals surface area contributed by atoms with Crippen molar-refractivity contribution in [2.24, 2.45) is 5.73 Å². The zero-order chi connectivity index (χ0) is 19.8. The van der Waals surface area contributed by atoms with Crippen LogP contribution in [0.25, 0.3) is 0 Å². The Labute approximate surface area is 164 Å². The molecule has 0 bridgehead atoms. The summed E-state index contributed by atoms with van der Waals surface area (Å²) in [5.41, 5.74) is 7.93. The fourth-order valence-corrected chi connectivity index (χ4v) is 2.75. The van der Waals surface area contributed by atoms with Crippen molar-refractivity contribution in [1.29, 1.82) is 0 Å². The number of carbonyl (C=O) groups excluding carboxylic acids is 2. The van der Waals surface area contributed by atoms with Gasteiger partial charge in [-0.2, -0.15) is 0 Å². The van der Waals surface area contributed by atoms with E-state index in [4.69, 9.17) is 10.5 Å². The number of benzene rings is 3. The van der Waals surface area contributed by atoms with Crippen molar-refractivity contribution in [2.45, 2.75) is 19.1 Å². The number of amides is 2. The molecule has 0 unspecified atom stereocenters. The first kappa shape index (κ1) is 19.2. The van der Waals surface area contributed by atoms with Gasteiger partial charge in [-0.3, -0.25) is 9.59 Å². The third-order valence-electron chi connectivity index (χ3n) is 4.30. The second-order valence-electron chi connectivity index (χ2n) is 6.42. The summed E-state index contributed by atoms with van der Waals surface area (Å²) in [6.45, 7) is 0.483. The van der Waals surface area contributed by atoms with Gasteiger partial charge < -0.3 is 15.8 Å². The van der Waals surface area contributed by atoms with Crippen LogP contribution in [0, 0.1) is 0 Å². The molecular weight excluding hydrogens is 352 g/mol. The predicted octanol–water partition coefficient (Wildman–Crippen LogP) is 3.09. The fraction of sp³-hybridized carbons (Fsp3) is 0.130. The molecule has 0 spiro atoms. The van der Waals surface area contributed by atoms with Crippen molar-refractivity contribution in [3.8, 4) is 5.75 Å². The highest BCUT2D eigenvalue weighted by molar-refractivity contribution is 5.97. The number of carbonyl (C=O) groups is 2. The maximum Gasteiger partial charge on any atom is 0.251 e. The number of primary amides is 1. The highest BCUT2D eigenvalue weighted by Gasteiger charge is 2.19. The fourth-order valence-electron chi connectivity index (χ4n) is 2.75. The molecule has 0 aliphatic carbocycles. The van der Waals surface area contributed by atoms with E-state index >= 15 is 0 Å². The van der Waals surface area contributed by atoms with E-state index in [1.807, 2.05) is 60.7 Å². The molecule has 28 heavy (non-hydrogen) atoms. The minimum atomic E-state index is -0.788. The molecule has 0 aliphatic rings. The lowest BCUT2D eigenvalue weighted by Gasteiger charge is -2.16. The Morgan fingerprint density at radius 2 is 1.43 bits per heavy atom. The number of ether oxygens (including phenoxy) is 1. The standard InChI is InChI=1S/C23H22N2O3/c24-22(26)21(25-23(27)19-9-5-2-6-10-19)15-17-11-13-20(14-12-17)28-16-18-7-3-1-4-8-18/h1-14,21H,15-16H2,(H2,24,26)(H,25,27)/t21-/m1/s1. The molecule has 0 fully saturated rings. The van der Waals surface area contributed by atoms with E-state index in [-0.39, 0.29) is 5.91 Å². The molecule has 5 heteroatoms. The predicted molar refractivity (Wildman–Crippen MR) is 108 cm³/mol. The van der Waals surface area contributed by atoms with E-state index in [9.17, 15) is 9.59 Å². The molecule has 0 aromatic heterocycles. The van der Waals surface area contributed by atoms with Crippen LogP contribution in [-0.4, -0.2) is 17.9 Å². The zero-order valence-corrected chi connectivity index (χ0v) is 15.4. The van der Waals surface area contributed by atoms with Gasteiger partial charge in [-0.05, 0) is 35.4 Å². The number of nitrogens with one attached hydrogen (secondary N) is 1. The lowest BCUT2D eigenvalue weighted by molar-refractivity contribution is -0.119. The van der Waals surface area contributed by atoms with Crippen molar-refractivity contribution in [1.82, 2.24) is 5.32 Å². The number of rotatable bonds is 8. The highest BCUT2D eigenvalue weighted by Crippen LogP contribution is 2.15. The summed E-state index contributed by atoms with van der Waals surface area (Å²) in [7, 11) is 0. The summed E-state index contributed by atoms with van der Waals surface area (Å²) in [6.07, 6.45) is 0.312. The molecule has 2 amide bonds. The second kappa shape index (κ2) is 9.37. The van der Waals surface area contributed by atoms with Crippen LogP contribution in [0.15, 0.2) is 84.9 Å². The van der Waals surface area contributed by atoms with Crippen molar-refractivity contribution in [3.05, 3.63) is 102 Å². The van der Waals surface area contributed by atoms with Crippen molar-refractivity contribution in [2.75, 3.05) is 0 Å². The first-order valence-corrected chi connectivity index (χ1v) is 9.03. The highest BCUT2D eigenvalue weighted by atomic mass is 16.5. The van der Waals surface area contributed by atoms with Gasteiger partial charge in [0.15, 0.2) is 0 Å². The van der Waals surface area contributed by atoms with E-state index in [0.29, 0.717) is 18.6 Å². The molecule has 0 radical (unpaired) electrons. The van der Waals surface area contributed by atoms with Gasteiger partial charge in [-0.15, -0.1) is 0 Å². The van der Waals surface area contributed by atoms with Gasteiger partial charge in [-0.1, -0.05) is 60.7 Å². The maximum atomic E-state index is 12.3. The minimum absolute atomic E-state index is 0.312. The zero-order valence-electron chi connectivity index (χ0n) is 15.4. The molecule has 0 saturated heterocycles. The number of nitrogens with two attached hydrogens (primary N) is 1. The molecular formula is C23H22N2O3. The minimum Gasteiger partial charge on any atom is -0.489 e. The Morgan fingerprint density at radius 1 is 0.821 bits per heavy atom. The Bertz CT molecular complexity index is 910. The summed E-state index contributed by atoms with van der Waals surface area (Å²) in [5, 5.41) is 2.70. The van der Waals surface area contributed by atoms with Crippen LogP contribution in [0.2, 0.25) is 0 Å². The van der Waals surface area contributed by atoms with Crippen molar-refractivity contribution >= 4 is 11.8 Å². The van der Waals surface area contributed by atoms with Crippen molar-refractivity contribution < 1.29 is 14.3 Å². The third kappa shape index (κ3) is 5.45. The average molecular weight is 374 g/mol. The maximum absolute atomic E-state index is 12.3. The summed E-state index contributed by atoms with van der Waals surface area (Å²) in [6, 6.07) is 25.3. The molecule has 3 rings (SSSR count). The van der Waals surface area contributed by atoms with E-state index in [2.05, 4.69) is 5.32 Å². The van der Waals surface area contributed by atoms with Gasteiger partial charge in [0.1, 0.15) is 18.4 Å². The lowest BCUT2D eigenvalue weighted by Crippen LogP contribution is -2.45. The SMILES string of the molecule is NC(=O)[C@@H](Cc1ccc(OCc2ccccc2)cc1)NC(=O)c1ccccc1. The number of hydrogen-bond acceptors (Lipinski definition) is 3.